The lowest BCUT2D eigenvalue weighted by atomic mass is 9.76. The SMILES string of the molecule is COc1ccc(Cn2nnnc2C2N3C(=O)C(NC(c4ccccc4)(c4ccccc4)c4ccccc4)C3SC2(C)C)c(OC)c1. The number of aromatic nitrogens is 4. The number of methoxy groups -OCH3 is 2. The molecule has 0 saturated carbocycles. The molecule has 3 atom stereocenters. The lowest BCUT2D eigenvalue weighted by molar-refractivity contribution is -0.150. The number of nitrogens with zero attached hydrogens (tertiary/aromatic N) is 5. The molecule has 4 aromatic carbocycles. The standard InChI is InChI=1S/C36H36N6O3S/c1-35(2)31(32-38-39-40-41(32)23-24-20-21-28(44-3)22-29(24)45-4)42-33(43)30(34(42)46-35)37-36(25-14-8-5-9-15-25,26-16-10-6-11-17-26)27-18-12-7-13-19-27/h5-22,30-31,34,37H,23H2,1-4H3. The Bertz CT molecular complexity index is 1740. The van der Waals surface area contributed by atoms with Gasteiger partial charge in [0, 0.05) is 16.4 Å². The van der Waals surface area contributed by atoms with Crippen LogP contribution in [0.15, 0.2) is 109 Å². The first-order valence-corrected chi connectivity index (χ1v) is 16.2. The molecule has 0 aliphatic carbocycles. The van der Waals surface area contributed by atoms with Gasteiger partial charge in [-0.3, -0.25) is 10.1 Å². The predicted octanol–water partition coefficient (Wildman–Crippen LogP) is 5.42. The zero-order chi connectivity index (χ0) is 31.9. The highest BCUT2D eigenvalue weighted by atomic mass is 32.2. The fourth-order valence-electron chi connectivity index (χ4n) is 6.88. The number of carbonyl (C=O) groups is 1. The van der Waals surface area contributed by atoms with E-state index in [0.29, 0.717) is 23.9 Å². The maximum Gasteiger partial charge on any atom is 0.244 e. The molecule has 0 spiro atoms. The summed E-state index contributed by atoms with van der Waals surface area (Å²) in [6.07, 6.45) is 0. The van der Waals surface area contributed by atoms with Crippen LogP contribution in [0, 0.1) is 0 Å². The molecule has 234 valence electrons. The molecule has 3 heterocycles. The molecule has 1 N–H and O–H groups in total. The first-order chi connectivity index (χ1) is 22.4. The van der Waals surface area contributed by atoms with Crippen molar-refractivity contribution in [2.24, 2.45) is 0 Å². The number of tetrazole rings is 1. The second kappa shape index (κ2) is 11.9. The average molecular weight is 633 g/mol. The highest BCUT2D eigenvalue weighted by Gasteiger charge is 2.64. The van der Waals surface area contributed by atoms with Gasteiger partial charge in [0.2, 0.25) is 5.91 Å². The highest BCUT2D eigenvalue weighted by molar-refractivity contribution is 8.01. The summed E-state index contributed by atoms with van der Waals surface area (Å²) in [5.41, 5.74) is 3.34. The van der Waals surface area contributed by atoms with Gasteiger partial charge in [-0.1, -0.05) is 91.0 Å². The van der Waals surface area contributed by atoms with Crippen molar-refractivity contribution in [2.45, 2.75) is 48.1 Å². The summed E-state index contributed by atoms with van der Waals surface area (Å²) in [4.78, 5) is 16.3. The molecule has 5 aromatic rings. The predicted molar refractivity (Wildman–Crippen MR) is 178 cm³/mol. The molecule has 9 nitrogen and oxygen atoms in total. The summed E-state index contributed by atoms with van der Waals surface area (Å²) in [6, 6.07) is 36.0. The van der Waals surface area contributed by atoms with Crippen LogP contribution in [0.25, 0.3) is 0 Å². The maximum absolute atomic E-state index is 14.4. The average Bonchev–Trinajstić information content (AvgIpc) is 3.65. The summed E-state index contributed by atoms with van der Waals surface area (Å²) in [6.45, 7) is 4.72. The van der Waals surface area contributed by atoms with Gasteiger partial charge in [-0.25, -0.2) is 4.68 Å². The van der Waals surface area contributed by atoms with Crippen molar-refractivity contribution >= 4 is 17.7 Å². The molecule has 0 bridgehead atoms. The summed E-state index contributed by atoms with van der Waals surface area (Å²) >= 11 is 1.78. The van der Waals surface area contributed by atoms with Gasteiger partial charge in [0.15, 0.2) is 5.82 Å². The third-order valence-electron chi connectivity index (χ3n) is 9.05. The summed E-state index contributed by atoms with van der Waals surface area (Å²) in [5.74, 6) is 2.06. The Balaban J connectivity index is 1.25. The third-order valence-corrected chi connectivity index (χ3v) is 10.6. The van der Waals surface area contributed by atoms with Gasteiger partial charge in [0.25, 0.3) is 0 Å². The smallest absolute Gasteiger partial charge is 0.244 e. The van der Waals surface area contributed by atoms with Crippen LogP contribution in [0.5, 0.6) is 11.5 Å². The Labute approximate surface area is 272 Å². The van der Waals surface area contributed by atoms with Crippen LogP contribution in [-0.4, -0.2) is 61.4 Å². The molecule has 2 aliphatic rings. The van der Waals surface area contributed by atoms with Crippen molar-refractivity contribution < 1.29 is 14.3 Å². The maximum atomic E-state index is 14.4. The van der Waals surface area contributed by atoms with Gasteiger partial charge in [0.05, 0.1) is 26.3 Å². The monoisotopic (exact) mass is 632 g/mol. The molecule has 10 heteroatoms. The van der Waals surface area contributed by atoms with Gasteiger partial charge in [-0.2, -0.15) is 0 Å². The molecule has 1 aromatic heterocycles. The van der Waals surface area contributed by atoms with E-state index in [9.17, 15) is 4.79 Å². The van der Waals surface area contributed by atoms with Crippen molar-refractivity contribution in [3.8, 4) is 11.5 Å². The minimum absolute atomic E-state index is 0.0248. The second-order valence-corrected chi connectivity index (χ2v) is 13.9. The Morgan fingerprint density at radius 1 is 0.848 bits per heavy atom. The van der Waals surface area contributed by atoms with E-state index in [1.807, 2.05) is 77.7 Å². The first kappa shape index (κ1) is 30.0. The third kappa shape index (κ3) is 4.92. The van der Waals surface area contributed by atoms with Crippen LogP contribution in [0.4, 0.5) is 0 Å². The molecule has 3 unspecified atom stereocenters. The molecule has 2 saturated heterocycles. The van der Waals surface area contributed by atoms with Gasteiger partial charge in [0.1, 0.15) is 29.0 Å². The first-order valence-electron chi connectivity index (χ1n) is 15.3. The van der Waals surface area contributed by atoms with Crippen molar-refractivity contribution in [1.82, 2.24) is 30.4 Å². The zero-order valence-electron chi connectivity index (χ0n) is 26.2. The molecule has 7 rings (SSSR count). The molecule has 2 aliphatic heterocycles. The Hall–Kier alpha value is -4.67. The van der Waals surface area contributed by atoms with E-state index in [2.05, 4.69) is 71.1 Å². The molecule has 2 fully saturated rings. The number of thioether (sulfide) groups is 1. The number of hydrogen-bond donors (Lipinski definition) is 1. The number of nitrogens with one attached hydrogen (secondary N) is 1. The normalized spacial score (nSPS) is 20.2. The Morgan fingerprint density at radius 2 is 1.43 bits per heavy atom. The zero-order valence-corrected chi connectivity index (χ0v) is 27.0. The number of carbonyl (C=O) groups excluding carboxylic acids is 1. The fourth-order valence-corrected chi connectivity index (χ4v) is 8.51. The van der Waals surface area contributed by atoms with Crippen molar-refractivity contribution in [3.63, 3.8) is 0 Å². The topological polar surface area (TPSA) is 94.4 Å². The number of fused-ring (bicyclic) bond motifs is 1. The van der Waals surface area contributed by atoms with Crippen LogP contribution >= 0.6 is 11.8 Å². The minimum Gasteiger partial charge on any atom is -0.497 e. The lowest BCUT2D eigenvalue weighted by Gasteiger charge is -2.49. The minimum atomic E-state index is -0.758. The van der Waals surface area contributed by atoms with E-state index in [4.69, 9.17) is 9.47 Å². The van der Waals surface area contributed by atoms with Gasteiger partial charge >= 0.3 is 0 Å². The summed E-state index contributed by atoms with van der Waals surface area (Å²) < 4.78 is 12.4. The molecule has 1 amide bonds. The number of β-lactam (4-membered cyclic amide) rings is 1. The van der Waals surface area contributed by atoms with E-state index < -0.39 is 11.6 Å². The number of benzene rings is 4. The molecule has 46 heavy (non-hydrogen) atoms. The van der Waals surface area contributed by atoms with Crippen molar-refractivity contribution in [3.05, 3.63) is 137 Å². The van der Waals surface area contributed by atoms with Crippen LogP contribution in [0.2, 0.25) is 0 Å². The quantitative estimate of drug-likeness (QED) is 0.161. The molecular weight excluding hydrogens is 597 g/mol. The molecular formula is C36H36N6O3S. The van der Waals surface area contributed by atoms with E-state index in [1.54, 1.807) is 30.7 Å². The van der Waals surface area contributed by atoms with Gasteiger partial charge < -0.3 is 14.4 Å². The van der Waals surface area contributed by atoms with Crippen LogP contribution in [0.1, 0.15) is 48.0 Å². The van der Waals surface area contributed by atoms with E-state index in [-0.39, 0.29) is 22.1 Å². The Morgan fingerprint density at radius 3 is 1.98 bits per heavy atom. The van der Waals surface area contributed by atoms with Gasteiger partial charge in [-0.15, -0.1) is 16.9 Å². The van der Waals surface area contributed by atoms with E-state index in [1.165, 1.54) is 0 Å². The van der Waals surface area contributed by atoms with Crippen molar-refractivity contribution in [2.75, 3.05) is 14.2 Å². The summed E-state index contributed by atoms with van der Waals surface area (Å²) in [5, 5.41) is 16.7. The largest absolute Gasteiger partial charge is 0.497 e. The number of hydrogen-bond acceptors (Lipinski definition) is 8. The Kier molecular flexibility index (Phi) is 7.78. The lowest BCUT2D eigenvalue weighted by Crippen LogP contribution is -2.70. The second-order valence-electron chi connectivity index (χ2n) is 12.1. The van der Waals surface area contributed by atoms with Crippen LogP contribution in [-0.2, 0) is 16.9 Å². The van der Waals surface area contributed by atoms with Crippen molar-refractivity contribution in [1.29, 1.82) is 0 Å². The van der Waals surface area contributed by atoms with Crippen LogP contribution < -0.4 is 14.8 Å². The number of amides is 1. The number of ether oxygens (including phenoxy) is 2. The number of rotatable bonds is 10. The van der Waals surface area contributed by atoms with E-state index in [0.717, 1.165) is 22.3 Å². The van der Waals surface area contributed by atoms with E-state index >= 15 is 0 Å². The fraction of sp³-hybridized carbons (Fsp3) is 0.278. The summed E-state index contributed by atoms with van der Waals surface area (Å²) in [7, 11) is 3.26. The van der Waals surface area contributed by atoms with Gasteiger partial charge in [-0.05, 0) is 53.1 Å². The highest BCUT2D eigenvalue weighted by Crippen LogP contribution is 2.57. The molecule has 0 radical (unpaired) electrons. The van der Waals surface area contributed by atoms with Crippen LogP contribution in [0.3, 0.4) is 0 Å².